The highest BCUT2D eigenvalue weighted by atomic mass is 16.5. The molecule has 0 saturated carbocycles. The van der Waals surface area contributed by atoms with Crippen molar-refractivity contribution >= 4 is 11.9 Å². The molecule has 0 fully saturated rings. The Hall–Kier alpha value is -2.90. The van der Waals surface area contributed by atoms with Crippen molar-refractivity contribution in [2.45, 2.75) is 33.4 Å². The molecular weight excluding hydrogens is 324 g/mol. The molecule has 25 heavy (non-hydrogen) atoms. The van der Waals surface area contributed by atoms with Crippen molar-refractivity contribution in [1.82, 2.24) is 20.3 Å². The van der Waals surface area contributed by atoms with Gasteiger partial charge in [0.05, 0.1) is 12.8 Å². The summed E-state index contributed by atoms with van der Waals surface area (Å²) in [6.07, 6.45) is 2.17. The van der Waals surface area contributed by atoms with Gasteiger partial charge in [-0.05, 0) is 18.4 Å². The molecule has 0 aliphatic rings. The van der Waals surface area contributed by atoms with Crippen molar-refractivity contribution in [2.24, 2.45) is 5.92 Å². The van der Waals surface area contributed by atoms with Gasteiger partial charge in [-0.2, -0.15) is 0 Å². The van der Waals surface area contributed by atoms with Gasteiger partial charge in [-0.1, -0.05) is 37.3 Å². The number of ether oxygens (including phenoxy) is 1. The van der Waals surface area contributed by atoms with E-state index in [4.69, 9.17) is 9.84 Å². The smallest absolute Gasteiger partial charge is 0.358 e. The SMILES string of the molecule is CC(C)CCOc1ccccc1CNC(=O)Cn1cc(C(=O)O)nn1. The lowest BCUT2D eigenvalue weighted by Gasteiger charge is -2.13. The van der Waals surface area contributed by atoms with Crippen molar-refractivity contribution in [3.8, 4) is 5.75 Å². The van der Waals surface area contributed by atoms with Crippen LogP contribution in [0.1, 0.15) is 36.3 Å². The third-order valence-corrected chi connectivity index (χ3v) is 3.46. The normalized spacial score (nSPS) is 10.7. The van der Waals surface area contributed by atoms with Gasteiger partial charge in [-0.25, -0.2) is 9.48 Å². The second kappa shape index (κ2) is 8.81. The van der Waals surface area contributed by atoms with Crippen LogP contribution in [-0.4, -0.2) is 38.6 Å². The number of para-hydroxylation sites is 1. The summed E-state index contributed by atoms with van der Waals surface area (Å²) in [5, 5.41) is 18.6. The maximum Gasteiger partial charge on any atom is 0.358 e. The maximum absolute atomic E-state index is 12.0. The molecule has 1 aromatic heterocycles. The van der Waals surface area contributed by atoms with Gasteiger partial charge < -0.3 is 15.2 Å². The molecule has 0 bridgehead atoms. The summed E-state index contributed by atoms with van der Waals surface area (Å²) >= 11 is 0. The van der Waals surface area contributed by atoms with Crippen LogP contribution >= 0.6 is 0 Å². The highest BCUT2D eigenvalue weighted by Crippen LogP contribution is 2.18. The predicted molar refractivity (Wildman–Crippen MR) is 90.2 cm³/mol. The Labute approximate surface area is 145 Å². The molecule has 0 unspecified atom stereocenters. The highest BCUT2D eigenvalue weighted by molar-refractivity contribution is 5.84. The summed E-state index contributed by atoms with van der Waals surface area (Å²) in [6, 6.07) is 7.54. The maximum atomic E-state index is 12.0. The molecule has 0 spiro atoms. The Balaban J connectivity index is 1.87. The van der Waals surface area contributed by atoms with Crippen LogP contribution in [0.3, 0.4) is 0 Å². The number of hydrogen-bond acceptors (Lipinski definition) is 5. The van der Waals surface area contributed by atoms with Crippen LogP contribution in [0.25, 0.3) is 0 Å². The molecule has 2 aromatic rings. The number of hydrogen-bond donors (Lipinski definition) is 2. The molecule has 1 amide bonds. The number of nitrogens with one attached hydrogen (secondary N) is 1. The number of amides is 1. The number of benzene rings is 1. The zero-order chi connectivity index (χ0) is 18.2. The van der Waals surface area contributed by atoms with Crippen LogP contribution < -0.4 is 10.1 Å². The van der Waals surface area contributed by atoms with Crippen LogP contribution in [0.5, 0.6) is 5.75 Å². The summed E-state index contributed by atoms with van der Waals surface area (Å²) < 4.78 is 6.97. The van der Waals surface area contributed by atoms with Crippen LogP contribution in [0.15, 0.2) is 30.5 Å². The van der Waals surface area contributed by atoms with E-state index in [1.807, 2.05) is 24.3 Å². The zero-order valence-electron chi connectivity index (χ0n) is 14.3. The van der Waals surface area contributed by atoms with Crippen molar-refractivity contribution in [3.63, 3.8) is 0 Å². The number of carbonyl (C=O) groups is 2. The van der Waals surface area contributed by atoms with E-state index in [1.54, 1.807) is 0 Å². The minimum Gasteiger partial charge on any atom is -0.493 e. The largest absolute Gasteiger partial charge is 0.493 e. The molecule has 0 atom stereocenters. The van der Waals surface area contributed by atoms with Gasteiger partial charge in [0.25, 0.3) is 0 Å². The van der Waals surface area contributed by atoms with E-state index < -0.39 is 5.97 Å². The predicted octanol–water partition coefficient (Wildman–Crippen LogP) is 1.72. The number of aromatic nitrogens is 3. The minimum absolute atomic E-state index is 0.101. The molecule has 0 aliphatic heterocycles. The first-order valence-corrected chi connectivity index (χ1v) is 8.06. The molecule has 8 nitrogen and oxygen atoms in total. The Morgan fingerprint density at radius 2 is 2.08 bits per heavy atom. The summed E-state index contributed by atoms with van der Waals surface area (Å²) in [6.45, 7) is 5.11. The van der Waals surface area contributed by atoms with Gasteiger partial charge in [0.1, 0.15) is 12.3 Å². The molecule has 0 saturated heterocycles. The number of carboxylic acid groups (broad SMARTS) is 1. The molecule has 1 heterocycles. The van der Waals surface area contributed by atoms with E-state index in [0.717, 1.165) is 17.7 Å². The number of carboxylic acids is 1. The molecule has 1 aromatic carbocycles. The highest BCUT2D eigenvalue weighted by Gasteiger charge is 2.11. The number of aromatic carboxylic acids is 1. The lowest BCUT2D eigenvalue weighted by atomic mass is 10.1. The molecule has 134 valence electrons. The van der Waals surface area contributed by atoms with Crippen LogP contribution in [0, 0.1) is 5.92 Å². The Kier molecular flexibility index (Phi) is 6.50. The van der Waals surface area contributed by atoms with E-state index in [9.17, 15) is 9.59 Å². The second-order valence-electron chi connectivity index (χ2n) is 6.02. The molecule has 2 rings (SSSR count). The van der Waals surface area contributed by atoms with Crippen molar-refractivity contribution < 1.29 is 19.4 Å². The average Bonchev–Trinajstić information content (AvgIpc) is 3.02. The van der Waals surface area contributed by atoms with Crippen LogP contribution in [0.2, 0.25) is 0 Å². The lowest BCUT2D eigenvalue weighted by molar-refractivity contribution is -0.122. The number of nitrogens with zero attached hydrogens (tertiary/aromatic N) is 3. The average molecular weight is 346 g/mol. The van der Waals surface area contributed by atoms with Crippen LogP contribution in [0.4, 0.5) is 0 Å². The third-order valence-electron chi connectivity index (χ3n) is 3.46. The van der Waals surface area contributed by atoms with E-state index in [0.29, 0.717) is 19.1 Å². The van der Waals surface area contributed by atoms with Crippen molar-refractivity contribution in [3.05, 3.63) is 41.7 Å². The summed E-state index contributed by atoms with van der Waals surface area (Å²) in [5.41, 5.74) is 0.682. The zero-order valence-corrected chi connectivity index (χ0v) is 14.3. The van der Waals surface area contributed by atoms with Gasteiger partial charge in [0.15, 0.2) is 5.69 Å². The Bertz CT molecular complexity index is 727. The minimum atomic E-state index is -1.18. The fourth-order valence-corrected chi connectivity index (χ4v) is 2.07. The Morgan fingerprint density at radius 1 is 1.32 bits per heavy atom. The quantitative estimate of drug-likeness (QED) is 0.716. The van der Waals surface area contributed by atoms with Crippen molar-refractivity contribution in [2.75, 3.05) is 6.61 Å². The molecule has 0 aliphatic carbocycles. The number of rotatable bonds is 9. The first kappa shape index (κ1) is 18.4. The summed E-state index contributed by atoms with van der Waals surface area (Å²) in [4.78, 5) is 22.7. The van der Waals surface area contributed by atoms with E-state index in [-0.39, 0.29) is 18.1 Å². The first-order chi connectivity index (χ1) is 12.0. The lowest BCUT2D eigenvalue weighted by Crippen LogP contribution is -2.27. The van der Waals surface area contributed by atoms with E-state index in [1.165, 1.54) is 10.9 Å². The van der Waals surface area contributed by atoms with E-state index >= 15 is 0 Å². The standard InChI is InChI=1S/C17H22N4O4/c1-12(2)7-8-25-15-6-4-3-5-13(15)9-18-16(22)11-21-10-14(17(23)24)19-20-21/h3-6,10,12H,7-9,11H2,1-2H3,(H,18,22)(H,23,24). The summed E-state index contributed by atoms with van der Waals surface area (Å²) in [7, 11) is 0. The van der Waals surface area contributed by atoms with Gasteiger partial charge in [0, 0.05) is 12.1 Å². The first-order valence-electron chi connectivity index (χ1n) is 8.06. The molecule has 0 radical (unpaired) electrons. The van der Waals surface area contributed by atoms with Crippen molar-refractivity contribution in [1.29, 1.82) is 0 Å². The summed E-state index contributed by atoms with van der Waals surface area (Å²) in [5.74, 6) is -0.166. The molecule has 2 N–H and O–H groups in total. The van der Waals surface area contributed by atoms with Gasteiger partial charge in [0.2, 0.25) is 5.91 Å². The van der Waals surface area contributed by atoms with Gasteiger partial charge in [-0.3, -0.25) is 4.79 Å². The third kappa shape index (κ3) is 5.91. The fourth-order valence-electron chi connectivity index (χ4n) is 2.07. The number of carbonyl (C=O) groups excluding carboxylic acids is 1. The molecule has 8 heteroatoms. The monoisotopic (exact) mass is 346 g/mol. The topological polar surface area (TPSA) is 106 Å². The van der Waals surface area contributed by atoms with E-state index in [2.05, 4.69) is 29.5 Å². The van der Waals surface area contributed by atoms with Gasteiger partial charge in [-0.15, -0.1) is 5.10 Å². The van der Waals surface area contributed by atoms with Gasteiger partial charge >= 0.3 is 5.97 Å². The second-order valence-corrected chi connectivity index (χ2v) is 6.02. The fraction of sp³-hybridized carbons (Fsp3) is 0.412. The molecular formula is C17H22N4O4. The Morgan fingerprint density at radius 3 is 2.76 bits per heavy atom. The van der Waals surface area contributed by atoms with Crippen LogP contribution in [-0.2, 0) is 17.9 Å².